The van der Waals surface area contributed by atoms with Crippen molar-refractivity contribution in [3.05, 3.63) is 106 Å². The third-order valence-corrected chi connectivity index (χ3v) is 9.08. The fourth-order valence-electron chi connectivity index (χ4n) is 6.39. The minimum Gasteiger partial charge on any atom is -0.482 e. The van der Waals surface area contributed by atoms with E-state index in [1.807, 2.05) is 30.3 Å². The number of rotatable bonds is 8. The van der Waals surface area contributed by atoms with Crippen LogP contribution in [0.5, 0.6) is 0 Å². The average Bonchev–Trinajstić information content (AvgIpc) is 3.04. The van der Waals surface area contributed by atoms with Gasteiger partial charge in [0.1, 0.15) is 11.9 Å². The first-order valence-electron chi connectivity index (χ1n) is 15.5. The molecule has 1 saturated carbocycles. The highest BCUT2D eigenvalue weighted by molar-refractivity contribution is 6.30. The first-order valence-corrected chi connectivity index (χ1v) is 15.9. The van der Waals surface area contributed by atoms with Gasteiger partial charge in [0.25, 0.3) is 11.8 Å². The molecule has 3 aromatic carbocycles. The average molecular weight is 617 g/mol. The maximum absolute atomic E-state index is 14.5. The number of halogens is 2. The lowest BCUT2D eigenvalue weighted by Crippen LogP contribution is -2.54. The lowest BCUT2D eigenvalue weighted by Gasteiger charge is -2.44. The van der Waals surface area contributed by atoms with E-state index in [0.717, 1.165) is 74.7 Å². The second-order valence-corrected chi connectivity index (χ2v) is 12.2. The molecule has 2 saturated heterocycles. The van der Waals surface area contributed by atoms with Crippen LogP contribution < -0.4 is 10.2 Å². The van der Waals surface area contributed by atoms with Gasteiger partial charge in [-0.1, -0.05) is 54.4 Å². The molecule has 0 bridgehead atoms. The molecular formula is C35H38ClFN4O3. The number of carbonyl (C=O) groups excluding carboxylic acids is 2. The zero-order chi connectivity index (χ0) is 30.5. The lowest BCUT2D eigenvalue weighted by molar-refractivity contribution is -0.149. The molecule has 44 heavy (non-hydrogen) atoms. The smallest absolute Gasteiger partial charge is 0.289 e. The molecule has 0 radical (unpaired) electrons. The molecule has 2 heterocycles. The molecule has 2 amide bonds. The van der Waals surface area contributed by atoms with E-state index in [1.165, 1.54) is 6.07 Å². The van der Waals surface area contributed by atoms with Crippen LogP contribution in [-0.4, -0.2) is 73.0 Å². The summed E-state index contributed by atoms with van der Waals surface area (Å²) in [4.78, 5) is 32.8. The molecule has 9 heteroatoms. The fraction of sp³-hybridized carbons (Fsp3) is 0.371. The van der Waals surface area contributed by atoms with Crippen molar-refractivity contribution >= 4 is 35.2 Å². The molecule has 0 aromatic heterocycles. The summed E-state index contributed by atoms with van der Waals surface area (Å²) in [6, 6.07) is 21.6. The largest absolute Gasteiger partial charge is 0.482 e. The summed E-state index contributed by atoms with van der Waals surface area (Å²) in [5.74, 6) is -0.411. The van der Waals surface area contributed by atoms with Gasteiger partial charge >= 0.3 is 0 Å². The molecule has 3 aromatic rings. The Balaban J connectivity index is 1.03. The lowest BCUT2D eigenvalue weighted by atomic mass is 9.89. The number of hydrogen-bond donors (Lipinski definition) is 1. The van der Waals surface area contributed by atoms with E-state index >= 15 is 0 Å². The summed E-state index contributed by atoms with van der Waals surface area (Å²) in [6.07, 6.45) is 5.39. The predicted molar refractivity (Wildman–Crippen MR) is 171 cm³/mol. The second-order valence-electron chi connectivity index (χ2n) is 11.7. The number of ether oxygens (including phenoxy) is 1. The van der Waals surface area contributed by atoms with Crippen molar-refractivity contribution in [1.82, 2.24) is 15.1 Å². The van der Waals surface area contributed by atoms with Gasteiger partial charge in [0, 0.05) is 67.7 Å². The van der Waals surface area contributed by atoms with E-state index in [9.17, 15) is 14.0 Å². The van der Waals surface area contributed by atoms with E-state index < -0.39 is 0 Å². The van der Waals surface area contributed by atoms with Gasteiger partial charge in [0.15, 0.2) is 5.76 Å². The van der Waals surface area contributed by atoms with E-state index in [4.69, 9.17) is 16.3 Å². The molecule has 6 rings (SSSR count). The summed E-state index contributed by atoms with van der Waals surface area (Å²) < 4.78 is 20.7. The minimum absolute atomic E-state index is 0.0640. The maximum atomic E-state index is 14.5. The summed E-state index contributed by atoms with van der Waals surface area (Å²) in [6.45, 7) is 5.23. The van der Waals surface area contributed by atoms with Crippen molar-refractivity contribution in [2.24, 2.45) is 0 Å². The van der Waals surface area contributed by atoms with Crippen LogP contribution in [-0.2, 0) is 16.1 Å². The maximum Gasteiger partial charge on any atom is 0.289 e. The third-order valence-electron chi connectivity index (χ3n) is 8.85. The van der Waals surface area contributed by atoms with Crippen LogP contribution in [0, 0.1) is 5.82 Å². The van der Waals surface area contributed by atoms with Gasteiger partial charge in [-0.3, -0.25) is 14.5 Å². The summed E-state index contributed by atoms with van der Waals surface area (Å²) in [5, 5.41) is 3.77. The Morgan fingerprint density at radius 1 is 0.977 bits per heavy atom. The molecule has 3 aliphatic rings. The summed E-state index contributed by atoms with van der Waals surface area (Å²) in [7, 11) is 0. The Bertz CT molecular complexity index is 1510. The molecule has 230 valence electrons. The van der Waals surface area contributed by atoms with Gasteiger partial charge in [-0.25, -0.2) is 4.39 Å². The first kappa shape index (κ1) is 30.2. The van der Waals surface area contributed by atoms with Gasteiger partial charge in [-0.2, -0.15) is 0 Å². The number of morpholine rings is 1. The molecule has 3 fully saturated rings. The van der Waals surface area contributed by atoms with Gasteiger partial charge in [0.05, 0.1) is 6.04 Å². The van der Waals surface area contributed by atoms with E-state index in [-0.39, 0.29) is 42.1 Å². The zero-order valence-corrected chi connectivity index (χ0v) is 25.5. The van der Waals surface area contributed by atoms with E-state index in [2.05, 4.69) is 21.2 Å². The summed E-state index contributed by atoms with van der Waals surface area (Å²) >= 11 is 6.15. The van der Waals surface area contributed by atoms with Crippen LogP contribution in [0.2, 0.25) is 5.02 Å². The number of anilines is 1. The zero-order valence-electron chi connectivity index (χ0n) is 24.8. The molecule has 7 nitrogen and oxygen atoms in total. The van der Waals surface area contributed by atoms with Gasteiger partial charge in [0.2, 0.25) is 0 Å². The number of piperazine rings is 1. The van der Waals surface area contributed by atoms with Crippen LogP contribution in [0.25, 0.3) is 6.08 Å². The molecule has 1 aliphatic carbocycles. The number of carbonyl (C=O) groups is 2. The molecule has 2 unspecified atom stereocenters. The monoisotopic (exact) mass is 616 g/mol. The number of hydrogen-bond acceptors (Lipinski definition) is 5. The van der Waals surface area contributed by atoms with Gasteiger partial charge in [-0.05, 0) is 67.3 Å². The number of fused-ring (bicyclic) bond motifs is 1. The number of benzene rings is 3. The molecule has 1 N–H and O–H groups in total. The molecule has 2 atom stereocenters. The van der Waals surface area contributed by atoms with Crippen LogP contribution in [0.3, 0.4) is 0 Å². The van der Waals surface area contributed by atoms with Crippen molar-refractivity contribution in [3.8, 4) is 0 Å². The topological polar surface area (TPSA) is 65.1 Å². The molecular weight excluding hydrogens is 579 g/mol. The Labute approximate surface area is 263 Å². The highest BCUT2D eigenvalue weighted by Gasteiger charge is 2.41. The van der Waals surface area contributed by atoms with Gasteiger partial charge in [-0.15, -0.1) is 0 Å². The standard InChI is InChI=1S/C35H38ClFN4O3/c36-28-7-5-8-29(23-28)40-20-18-39(19-21-40)17-16-38-34(42)26-14-12-25(13-15-26)22-33-35(43)41(24-27-6-1-2-9-30(27)37)31-10-3-4-11-32(31)44-33/h1-2,5-9,12-15,22-23,31-32H,3-4,10-11,16-21,24H2,(H,38,42)/b33-22-. The van der Waals surface area contributed by atoms with Crippen molar-refractivity contribution in [2.45, 2.75) is 44.4 Å². The predicted octanol–water partition coefficient (Wildman–Crippen LogP) is 5.74. The van der Waals surface area contributed by atoms with E-state index in [1.54, 1.807) is 41.3 Å². The van der Waals surface area contributed by atoms with Gasteiger partial charge < -0.3 is 19.9 Å². The van der Waals surface area contributed by atoms with Crippen LogP contribution >= 0.6 is 11.6 Å². The number of nitrogens with one attached hydrogen (secondary N) is 1. The van der Waals surface area contributed by atoms with Crippen LogP contribution in [0.1, 0.15) is 47.2 Å². The van der Waals surface area contributed by atoms with E-state index in [0.29, 0.717) is 17.7 Å². The number of amides is 2. The van der Waals surface area contributed by atoms with Crippen molar-refractivity contribution in [1.29, 1.82) is 0 Å². The Hall–Kier alpha value is -3.88. The van der Waals surface area contributed by atoms with Crippen LogP contribution in [0.4, 0.5) is 10.1 Å². The second kappa shape index (κ2) is 13.8. The SMILES string of the molecule is O=C(NCCN1CCN(c2cccc(Cl)c2)CC1)c1ccc(/C=C2\OC3CCCCC3N(Cc3ccccc3F)C2=O)cc1. The Morgan fingerprint density at radius 3 is 2.52 bits per heavy atom. The molecule has 2 aliphatic heterocycles. The van der Waals surface area contributed by atoms with Crippen molar-refractivity contribution in [3.63, 3.8) is 0 Å². The molecule has 0 spiro atoms. The quantitative estimate of drug-likeness (QED) is 0.327. The summed E-state index contributed by atoms with van der Waals surface area (Å²) in [5.41, 5.74) is 2.97. The van der Waals surface area contributed by atoms with Crippen molar-refractivity contribution < 1.29 is 18.7 Å². The Kier molecular flexibility index (Phi) is 9.48. The Morgan fingerprint density at radius 2 is 1.75 bits per heavy atom. The third kappa shape index (κ3) is 7.08. The van der Waals surface area contributed by atoms with Crippen LogP contribution in [0.15, 0.2) is 78.6 Å². The minimum atomic E-state index is -0.310. The number of nitrogens with zero attached hydrogens (tertiary/aromatic N) is 3. The normalized spacial score (nSPS) is 21.6. The highest BCUT2D eigenvalue weighted by Crippen LogP contribution is 2.34. The fourth-order valence-corrected chi connectivity index (χ4v) is 6.57. The highest BCUT2D eigenvalue weighted by atomic mass is 35.5. The first-order chi connectivity index (χ1) is 21.4. The van der Waals surface area contributed by atoms with Crippen molar-refractivity contribution in [2.75, 3.05) is 44.2 Å².